The Morgan fingerprint density at radius 1 is 0.579 bits per heavy atom. The zero-order valence-electron chi connectivity index (χ0n) is 24.7. The van der Waals surface area contributed by atoms with Gasteiger partial charge in [0, 0.05) is 22.3 Å². The van der Waals surface area contributed by atoms with Crippen molar-refractivity contribution in [1.29, 1.82) is 0 Å². The maximum absolute atomic E-state index is 2.63. The quantitative estimate of drug-likeness (QED) is 0.263. The maximum Gasteiger partial charge on any atom is 0.0457 e. The molecule has 0 saturated carbocycles. The Bertz CT molecular complexity index is 1460. The summed E-state index contributed by atoms with van der Waals surface area (Å²) in [4.78, 5) is 2.63. The molecule has 38 heavy (non-hydrogen) atoms. The maximum atomic E-state index is 2.63. The van der Waals surface area contributed by atoms with Gasteiger partial charge in [-0.1, -0.05) is 114 Å². The monoisotopic (exact) mass is 501 g/mol. The van der Waals surface area contributed by atoms with E-state index < -0.39 is 0 Å². The van der Waals surface area contributed by atoms with Gasteiger partial charge in [-0.3, -0.25) is 0 Å². The van der Waals surface area contributed by atoms with Crippen LogP contribution in [0.5, 0.6) is 0 Å². The minimum atomic E-state index is -0.119. The summed E-state index contributed by atoms with van der Waals surface area (Å²) in [7, 11) is 0. The molecule has 0 heterocycles. The molecule has 1 aliphatic rings. The first-order valence-corrected chi connectivity index (χ1v) is 14.2. The van der Waals surface area contributed by atoms with Gasteiger partial charge >= 0.3 is 0 Å². The van der Waals surface area contributed by atoms with E-state index in [0.29, 0.717) is 11.8 Å². The Kier molecular flexibility index (Phi) is 6.54. The van der Waals surface area contributed by atoms with E-state index in [1.165, 1.54) is 55.9 Å². The molecule has 1 nitrogen and oxygen atoms in total. The van der Waals surface area contributed by atoms with Crippen LogP contribution >= 0.6 is 0 Å². The molecular weight excluding hydrogens is 458 g/mol. The average Bonchev–Trinajstić information content (AvgIpc) is 3.10. The molecule has 0 N–H and O–H groups in total. The molecular formula is C37H43N. The Hall–Kier alpha value is -3.32. The third kappa shape index (κ3) is 4.17. The molecule has 0 fully saturated rings. The van der Waals surface area contributed by atoms with Crippen LogP contribution in [0, 0.1) is 0 Å². The van der Waals surface area contributed by atoms with Crippen molar-refractivity contribution in [2.75, 3.05) is 4.90 Å². The standard InChI is InChI=1S/C37H43N/c1-24(2)33-27(26-16-11-10-12-17-26)19-15-21-31(33)38(36(5,6)7)32-23-22-29-28-18-13-14-20-30(28)37(8,9)35(29)34(32)25(3)4/h10-25H,1-9H3. The third-order valence-corrected chi connectivity index (χ3v) is 8.21. The molecule has 196 valence electrons. The molecule has 0 atom stereocenters. The molecule has 4 aromatic carbocycles. The highest BCUT2D eigenvalue weighted by Gasteiger charge is 2.40. The summed E-state index contributed by atoms with van der Waals surface area (Å²) in [6.45, 7) is 21.3. The summed E-state index contributed by atoms with van der Waals surface area (Å²) in [5.41, 5.74) is 13.7. The van der Waals surface area contributed by atoms with Crippen LogP contribution in [0.4, 0.5) is 11.4 Å². The van der Waals surface area contributed by atoms with Gasteiger partial charge in [-0.2, -0.15) is 0 Å². The van der Waals surface area contributed by atoms with Gasteiger partial charge in [0.25, 0.3) is 0 Å². The van der Waals surface area contributed by atoms with Crippen molar-refractivity contribution in [3.63, 3.8) is 0 Å². The van der Waals surface area contributed by atoms with Crippen molar-refractivity contribution >= 4 is 11.4 Å². The highest BCUT2D eigenvalue weighted by molar-refractivity contribution is 5.88. The van der Waals surface area contributed by atoms with Crippen LogP contribution < -0.4 is 4.90 Å². The Morgan fingerprint density at radius 3 is 1.79 bits per heavy atom. The van der Waals surface area contributed by atoms with Gasteiger partial charge in [-0.15, -0.1) is 0 Å². The number of anilines is 2. The highest BCUT2D eigenvalue weighted by Crippen LogP contribution is 2.55. The smallest absolute Gasteiger partial charge is 0.0457 e. The summed E-state index contributed by atoms with van der Waals surface area (Å²) in [5.74, 6) is 0.766. The number of rotatable bonds is 5. The predicted octanol–water partition coefficient (Wildman–Crippen LogP) is 10.8. The lowest BCUT2D eigenvalue weighted by molar-refractivity contribution is 0.553. The molecule has 0 aromatic heterocycles. The van der Waals surface area contributed by atoms with Gasteiger partial charge in [0.15, 0.2) is 0 Å². The van der Waals surface area contributed by atoms with E-state index in [9.17, 15) is 0 Å². The Morgan fingerprint density at radius 2 is 1.16 bits per heavy atom. The zero-order valence-corrected chi connectivity index (χ0v) is 24.7. The van der Waals surface area contributed by atoms with Gasteiger partial charge < -0.3 is 4.90 Å². The van der Waals surface area contributed by atoms with Crippen molar-refractivity contribution in [2.45, 2.75) is 85.1 Å². The summed E-state index contributed by atoms with van der Waals surface area (Å²) in [6.07, 6.45) is 0. The van der Waals surface area contributed by atoms with E-state index in [1.807, 2.05) is 0 Å². The normalized spacial score (nSPS) is 14.1. The van der Waals surface area contributed by atoms with Crippen LogP contribution in [0.15, 0.2) is 84.9 Å². The second-order valence-corrected chi connectivity index (χ2v) is 13.0. The minimum absolute atomic E-state index is 0.0438. The first-order valence-electron chi connectivity index (χ1n) is 14.2. The van der Waals surface area contributed by atoms with Gasteiger partial charge in [0.2, 0.25) is 0 Å². The van der Waals surface area contributed by atoms with Gasteiger partial charge in [0.05, 0.1) is 0 Å². The molecule has 0 radical (unpaired) electrons. The Balaban J connectivity index is 1.82. The van der Waals surface area contributed by atoms with Crippen molar-refractivity contribution < 1.29 is 0 Å². The highest BCUT2D eigenvalue weighted by atomic mass is 15.2. The summed E-state index contributed by atoms with van der Waals surface area (Å²) >= 11 is 0. The van der Waals surface area contributed by atoms with Crippen LogP contribution in [0.3, 0.4) is 0 Å². The van der Waals surface area contributed by atoms with Crippen molar-refractivity contribution in [3.05, 3.63) is 107 Å². The molecule has 1 aliphatic carbocycles. The molecule has 0 amide bonds. The van der Waals surface area contributed by atoms with Crippen LogP contribution in [-0.2, 0) is 5.41 Å². The zero-order chi connectivity index (χ0) is 27.4. The molecule has 1 heteroatoms. The number of benzene rings is 4. The number of nitrogens with zero attached hydrogens (tertiary/aromatic N) is 1. The number of hydrogen-bond donors (Lipinski definition) is 0. The summed E-state index contributed by atoms with van der Waals surface area (Å²) in [6, 6.07) is 31.5. The average molecular weight is 502 g/mol. The van der Waals surface area contributed by atoms with Crippen molar-refractivity contribution in [3.8, 4) is 22.3 Å². The molecule has 4 aromatic rings. The van der Waals surface area contributed by atoms with Gasteiger partial charge in [0.1, 0.15) is 0 Å². The minimum Gasteiger partial charge on any atom is -0.336 e. The third-order valence-electron chi connectivity index (χ3n) is 8.21. The lowest BCUT2D eigenvalue weighted by Gasteiger charge is -2.42. The first-order chi connectivity index (χ1) is 17.9. The lowest BCUT2D eigenvalue weighted by Crippen LogP contribution is -2.39. The molecule has 5 rings (SSSR count). The van der Waals surface area contributed by atoms with E-state index in [0.717, 1.165) is 0 Å². The van der Waals surface area contributed by atoms with Crippen LogP contribution in [0.1, 0.15) is 96.4 Å². The van der Waals surface area contributed by atoms with Gasteiger partial charge in [-0.25, -0.2) is 0 Å². The number of hydrogen-bond acceptors (Lipinski definition) is 1. The van der Waals surface area contributed by atoms with E-state index in [-0.39, 0.29) is 11.0 Å². The fourth-order valence-corrected chi connectivity index (χ4v) is 6.76. The molecule has 0 bridgehead atoms. The van der Waals surface area contributed by atoms with E-state index in [4.69, 9.17) is 0 Å². The topological polar surface area (TPSA) is 3.24 Å². The van der Waals surface area contributed by atoms with Crippen LogP contribution in [0.2, 0.25) is 0 Å². The van der Waals surface area contributed by atoms with E-state index >= 15 is 0 Å². The van der Waals surface area contributed by atoms with Gasteiger partial charge in [-0.05, 0) is 89.2 Å². The second-order valence-electron chi connectivity index (χ2n) is 13.0. The summed E-state index contributed by atoms with van der Waals surface area (Å²) < 4.78 is 0. The first kappa shape index (κ1) is 26.3. The summed E-state index contributed by atoms with van der Waals surface area (Å²) in [5, 5.41) is 0. The molecule has 0 spiro atoms. The molecule has 0 unspecified atom stereocenters. The van der Waals surface area contributed by atoms with E-state index in [1.54, 1.807) is 0 Å². The second kappa shape index (κ2) is 9.45. The lowest BCUT2D eigenvalue weighted by atomic mass is 9.77. The SMILES string of the molecule is CC(C)c1c(-c2ccccc2)cccc1N(c1ccc2c(c1C(C)C)C(C)(C)c1ccccc1-2)C(C)(C)C. The van der Waals surface area contributed by atoms with Crippen LogP contribution in [-0.4, -0.2) is 5.54 Å². The van der Waals surface area contributed by atoms with Crippen LogP contribution in [0.25, 0.3) is 22.3 Å². The van der Waals surface area contributed by atoms with Crippen molar-refractivity contribution in [2.24, 2.45) is 0 Å². The number of fused-ring (bicyclic) bond motifs is 3. The molecule has 0 saturated heterocycles. The predicted molar refractivity (Wildman–Crippen MR) is 166 cm³/mol. The van der Waals surface area contributed by atoms with Crippen molar-refractivity contribution in [1.82, 2.24) is 0 Å². The fraction of sp³-hybridized carbons (Fsp3) is 0.351. The Labute approximate surface area is 230 Å². The largest absolute Gasteiger partial charge is 0.336 e. The fourth-order valence-electron chi connectivity index (χ4n) is 6.76. The van der Waals surface area contributed by atoms with E-state index in [2.05, 4.69) is 152 Å². The molecule has 0 aliphatic heterocycles.